The smallest absolute Gasteiger partial charge is 0.410 e. The Morgan fingerprint density at radius 1 is 1.21 bits per heavy atom. The van der Waals surface area contributed by atoms with E-state index in [1.807, 2.05) is 20.8 Å². The van der Waals surface area contributed by atoms with E-state index < -0.39 is 28.6 Å². The Morgan fingerprint density at radius 3 is 2.52 bits per heavy atom. The molecular weight excluding hydrogens is 423 g/mol. The van der Waals surface area contributed by atoms with Crippen molar-refractivity contribution in [2.45, 2.75) is 102 Å². The summed E-state index contributed by atoms with van der Waals surface area (Å²) in [7, 11) is 0. The molecule has 1 heterocycles. The van der Waals surface area contributed by atoms with E-state index in [0.717, 1.165) is 19.3 Å². The minimum Gasteiger partial charge on any atom is -0.444 e. The Balaban J connectivity index is 1.54. The first kappa shape index (κ1) is 24.0. The van der Waals surface area contributed by atoms with E-state index in [9.17, 15) is 19.1 Å². The lowest BCUT2D eigenvalue weighted by molar-refractivity contribution is -0.123. The first-order valence-electron chi connectivity index (χ1n) is 12.2. The number of hydrogen-bond acceptors (Lipinski definition) is 4. The number of benzene rings is 1. The number of likely N-dealkylation sites (tertiary alicyclic amines) is 1. The van der Waals surface area contributed by atoms with Crippen LogP contribution in [-0.4, -0.2) is 52.3 Å². The number of nitrogens with zero attached hydrogens (tertiary/aromatic N) is 1. The molecule has 4 rings (SSSR count). The highest BCUT2D eigenvalue weighted by molar-refractivity contribution is 5.91. The van der Waals surface area contributed by atoms with E-state index >= 15 is 0 Å². The number of carbonyl (C=O) groups excluding carboxylic acids is 2. The molecule has 2 amide bonds. The Kier molecular flexibility index (Phi) is 6.23. The third-order valence-electron chi connectivity index (χ3n) is 7.81. The van der Waals surface area contributed by atoms with Crippen molar-refractivity contribution in [3.63, 3.8) is 0 Å². The number of aliphatic hydroxyl groups is 1. The summed E-state index contributed by atoms with van der Waals surface area (Å²) in [5.74, 6) is -0.561. The van der Waals surface area contributed by atoms with E-state index in [1.54, 1.807) is 23.1 Å². The zero-order chi connectivity index (χ0) is 24.0. The third kappa shape index (κ3) is 4.48. The molecule has 1 aromatic carbocycles. The molecule has 2 aliphatic carbocycles. The van der Waals surface area contributed by atoms with Gasteiger partial charge in [0, 0.05) is 23.6 Å². The van der Waals surface area contributed by atoms with Gasteiger partial charge >= 0.3 is 6.09 Å². The number of ether oxygens (including phenoxy) is 1. The molecule has 7 heteroatoms. The predicted octanol–water partition coefficient (Wildman–Crippen LogP) is 4.29. The lowest BCUT2D eigenvalue weighted by Gasteiger charge is -2.38. The minimum absolute atomic E-state index is 0.145. The monoisotopic (exact) mass is 460 g/mol. The van der Waals surface area contributed by atoms with Crippen LogP contribution in [-0.2, 0) is 14.9 Å². The largest absolute Gasteiger partial charge is 0.444 e. The normalized spacial score (nSPS) is 30.8. The second-order valence-corrected chi connectivity index (χ2v) is 11.3. The fraction of sp³-hybridized carbons (Fsp3) is 0.692. The van der Waals surface area contributed by atoms with Crippen molar-refractivity contribution in [2.75, 3.05) is 6.54 Å². The Labute approximate surface area is 195 Å². The number of nitrogens with one attached hydrogen (secondary N) is 1. The van der Waals surface area contributed by atoms with Crippen LogP contribution in [0.5, 0.6) is 0 Å². The molecule has 1 saturated heterocycles. The molecule has 1 aliphatic heterocycles. The standard InChI is InChI=1S/C26H37FN2O4/c1-24(2,3)33-23(32)29-17(15-25(4)20(29)11-7-8-12-21(25)30)16-28-22(31)26(13-14-26)18-9-5-6-10-19(18)27/h5-6,9-10,17,20-21,30H,7-8,11-16H2,1-4H3,(H,28,31)/t17-,20-,21+,25-/m1/s1. The van der Waals surface area contributed by atoms with Gasteiger partial charge in [-0.1, -0.05) is 38.0 Å². The summed E-state index contributed by atoms with van der Waals surface area (Å²) in [5.41, 5.74) is -1.48. The van der Waals surface area contributed by atoms with Gasteiger partial charge in [-0.05, 0) is 58.9 Å². The Bertz CT molecular complexity index is 910. The number of amides is 2. The Hall–Kier alpha value is -2.15. The van der Waals surface area contributed by atoms with Crippen LogP contribution in [0, 0.1) is 11.2 Å². The first-order chi connectivity index (χ1) is 15.5. The zero-order valence-corrected chi connectivity index (χ0v) is 20.2. The molecule has 33 heavy (non-hydrogen) atoms. The molecule has 2 N–H and O–H groups in total. The van der Waals surface area contributed by atoms with Gasteiger partial charge in [0.15, 0.2) is 0 Å². The molecule has 0 unspecified atom stereocenters. The van der Waals surface area contributed by atoms with E-state index in [0.29, 0.717) is 31.2 Å². The summed E-state index contributed by atoms with van der Waals surface area (Å²) in [4.78, 5) is 28.2. The van der Waals surface area contributed by atoms with Crippen molar-refractivity contribution in [3.05, 3.63) is 35.6 Å². The average Bonchev–Trinajstić information content (AvgIpc) is 3.49. The number of hydrogen-bond donors (Lipinski definition) is 2. The molecule has 3 fully saturated rings. The maximum atomic E-state index is 14.4. The highest BCUT2D eigenvalue weighted by Crippen LogP contribution is 2.50. The van der Waals surface area contributed by atoms with E-state index in [4.69, 9.17) is 4.74 Å². The molecule has 182 valence electrons. The molecule has 0 bridgehead atoms. The predicted molar refractivity (Wildman–Crippen MR) is 123 cm³/mol. The topological polar surface area (TPSA) is 78.9 Å². The summed E-state index contributed by atoms with van der Waals surface area (Å²) >= 11 is 0. The summed E-state index contributed by atoms with van der Waals surface area (Å²) in [6.07, 6.45) is 4.28. The fourth-order valence-electron chi connectivity index (χ4n) is 5.88. The van der Waals surface area contributed by atoms with Crippen molar-refractivity contribution in [1.82, 2.24) is 10.2 Å². The second-order valence-electron chi connectivity index (χ2n) is 11.3. The van der Waals surface area contributed by atoms with Gasteiger partial charge in [-0.25, -0.2) is 9.18 Å². The van der Waals surface area contributed by atoms with Crippen LogP contribution in [0.3, 0.4) is 0 Å². The van der Waals surface area contributed by atoms with Crippen molar-refractivity contribution in [3.8, 4) is 0 Å². The number of fused-ring (bicyclic) bond motifs is 1. The maximum Gasteiger partial charge on any atom is 0.410 e. The van der Waals surface area contributed by atoms with Crippen molar-refractivity contribution >= 4 is 12.0 Å². The van der Waals surface area contributed by atoms with Crippen molar-refractivity contribution in [1.29, 1.82) is 0 Å². The Morgan fingerprint density at radius 2 is 1.88 bits per heavy atom. The molecular formula is C26H37FN2O4. The lowest BCUT2D eigenvalue weighted by Crippen LogP contribution is -2.51. The van der Waals surface area contributed by atoms with E-state index in [-0.39, 0.29) is 30.4 Å². The summed E-state index contributed by atoms with van der Waals surface area (Å²) in [6.45, 7) is 7.82. The minimum atomic E-state index is -0.825. The third-order valence-corrected chi connectivity index (χ3v) is 7.81. The van der Waals surface area contributed by atoms with Gasteiger partial charge in [0.1, 0.15) is 11.4 Å². The molecule has 4 atom stereocenters. The van der Waals surface area contributed by atoms with Gasteiger partial charge in [0.2, 0.25) is 5.91 Å². The molecule has 1 aromatic rings. The van der Waals surface area contributed by atoms with Gasteiger partial charge in [0.25, 0.3) is 0 Å². The fourth-order valence-corrected chi connectivity index (χ4v) is 5.88. The molecule has 0 spiro atoms. The first-order valence-corrected chi connectivity index (χ1v) is 12.2. The molecule has 0 radical (unpaired) electrons. The van der Waals surface area contributed by atoms with Crippen LogP contribution >= 0.6 is 0 Å². The van der Waals surface area contributed by atoms with Gasteiger partial charge < -0.3 is 15.2 Å². The van der Waals surface area contributed by atoms with Gasteiger partial charge in [-0.3, -0.25) is 9.69 Å². The van der Waals surface area contributed by atoms with Crippen LogP contribution in [0.4, 0.5) is 9.18 Å². The highest BCUT2D eigenvalue weighted by atomic mass is 19.1. The van der Waals surface area contributed by atoms with Gasteiger partial charge in [0.05, 0.1) is 17.6 Å². The zero-order valence-electron chi connectivity index (χ0n) is 20.2. The van der Waals surface area contributed by atoms with Crippen LogP contribution in [0.1, 0.15) is 78.2 Å². The molecule has 2 saturated carbocycles. The van der Waals surface area contributed by atoms with Crippen molar-refractivity contribution < 1.29 is 23.8 Å². The summed E-state index contributed by atoms with van der Waals surface area (Å²) < 4.78 is 20.1. The summed E-state index contributed by atoms with van der Waals surface area (Å²) in [5, 5.41) is 14.0. The van der Waals surface area contributed by atoms with Gasteiger partial charge in [-0.2, -0.15) is 0 Å². The molecule has 3 aliphatic rings. The maximum absolute atomic E-state index is 14.4. The van der Waals surface area contributed by atoms with Crippen LogP contribution in [0.15, 0.2) is 24.3 Å². The lowest BCUT2D eigenvalue weighted by atomic mass is 9.75. The number of carbonyl (C=O) groups is 2. The number of halogens is 1. The molecule has 0 aromatic heterocycles. The number of aliphatic hydroxyl groups excluding tert-OH is 1. The van der Waals surface area contributed by atoms with E-state index in [2.05, 4.69) is 12.2 Å². The van der Waals surface area contributed by atoms with Crippen molar-refractivity contribution in [2.24, 2.45) is 5.41 Å². The SMILES string of the molecule is CC(C)(C)OC(=O)N1[C@@H](CNC(=O)C2(c3ccccc3F)CC2)C[C@@]2(C)[C@@H](O)CCCC[C@@H]12. The van der Waals surface area contributed by atoms with Crippen LogP contribution in [0.25, 0.3) is 0 Å². The van der Waals surface area contributed by atoms with E-state index in [1.165, 1.54) is 6.07 Å². The summed E-state index contributed by atoms with van der Waals surface area (Å²) in [6, 6.07) is 6.01. The van der Waals surface area contributed by atoms with Crippen LogP contribution in [0.2, 0.25) is 0 Å². The van der Waals surface area contributed by atoms with Crippen LogP contribution < -0.4 is 5.32 Å². The quantitative estimate of drug-likeness (QED) is 0.703. The second kappa shape index (κ2) is 8.57. The number of rotatable bonds is 4. The average molecular weight is 461 g/mol. The highest BCUT2D eigenvalue weighted by Gasteiger charge is 2.57. The van der Waals surface area contributed by atoms with Gasteiger partial charge in [-0.15, -0.1) is 0 Å². The molecule has 6 nitrogen and oxygen atoms in total.